The second-order valence-corrected chi connectivity index (χ2v) is 4.58. The molecule has 0 bridgehead atoms. The smallest absolute Gasteiger partial charge is 0.305 e. The van der Waals surface area contributed by atoms with Crippen LogP contribution in [0.15, 0.2) is 0 Å². The lowest BCUT2D eigenvalue weighted by atomic mass is 10.2. The molecule has 1 aliphatic rings. The fourth-order valence-electron chi connectivity index (χ4n) is 1.80. The van der Waals surface area contributed by atoms with E-state index in [1.807, 2.05) is 6.92 Å². The van der Waals surface area contributed by atoms with Crippen molar-refractivity contribution in [2.45, 2.75) is 64.6 Å². The van der Waals surface area contributed by atoms with E-state index in [2.05, 4.69) is 6.92 Å². The second kappa shape index (κ2) is 12.4. The van der Waals surface area contributed by atoms with E-state index in [4.69, 9.17) is 19.7 Å². The van der Waals surface area contributed by atoms with Crippen LogP contribution in [0.4, 0.5) is 0 Å². The topological polar surface area (TPSA) is 76.0 Å². The molecule has 0 saturated carbocycles. The molecule has 1 heterocycles. The number of ether oxygens (including phenoxy) is 2. The molecule has 5 nitrogen and oxygen atoms in total. The molecule has 1 saturated heterocycles. The molecule has 0 aromatic heterocycles. The zero-order chi connectivity index (χ0) is 14.5. The van der Waals surface area contributed by atoms with Crippen molar-refractivity contribution >= 4 is 5.97 Å². The van der Waals surface area contributed by atoms with Crippen molar-refractivity contribution in [3.8, 4) is 0 Å². The highest BCUT2D eigenvalue weighted by Crippen LogP contribution is 2.18. The molecule has 0 radical (unpaired) electrons. The molecule has 2 unspecified atom stereocenters. The lowest BCUT2D eigenvalue weighted by Crippen LogP contribution is -2.16. The van der Waals surface area contributed by atoms with Crippen LogP contribution >= 0.6 is 0 Å². The van der Waals surface area contributed by atoms with E-state index in [1.54, 1.807) is 0 Å². The first-order valence-corrected chi connectivity index (χ1v) is 7.20. The molecule has 19 heavy (non-hydrogen) atoms. The van der Waals surface area contributed by atoms with Crippen molar-refractivity contribution in [3.63, 3.8) is 0 Å². The van der Waals surface area contributed by atoms with E-state index in [1.165, 1.54) is 0 Å². The van der Waals surface area contributed by atoms with Crippen molar-refractivity contribution < 1.29 is 24.5 Å². The molecule has 0 aromatic carbocycles. The second-order valence-electron chi connectivity index (χ2n) is 4.58. The summed E-state index contributed by atoms with van der Waals surface area (Å²) < 4.78 is 9.91. The molecule has 2 atom stereocenters. The normalized spacial score (nSPS) is 21.7. The zero-order valence-corrected chi connectivity index (χ0v) is 12.1. The SMILES string of the molecule is CCCCCC(=O)OCC.OCC1CCC(CO)O1. The van der Waals surface area contributed by atoms with E-state index in [9.17, 15) is 4.79 Å². The third kappa shape index (κ3) is 9.87. The molecular formula is C14H28O5. The molecule has 1 rings (SSSR count). The monoisotopic (exact) mass is 276 g/mol. The largest absolute Gasteiger partial charge is 0.466 e. The van der Waals surface area contributed by atoms with Gasteiger partial charge >= 0.3 is 5.97 Å². The molecular weight excluding hydrogens is 248 g/mol. The first-order valence-electron chi connectivity index (χ1n) is 7.20. The summed E-state index contributed by atoms with van der Waals surface area (Å²) in [6, 6.07) is 0. The van der Waals surface area contributed by atoms with Gasteiger partial charge in [-0.3, -0.25) is 4.79 Å². The number of rotatable bonds is 7. The lowest BCUT2D eigenvalue weighted by molar-refractivity contribution is -0.143. The fourth-order valence-corrected chi connectivity index (χ4v) is 1.80. The number of aliphatic hydroxyl groups is 2. The van der Waals surface area contributed by atoms with Gasteiger partial charge in [-0.15, -0.1) is 0 Å². The van der Waals surface area contributed by atoms with Crippen LogP contribution in [-0.2, 0) is 14.3 Å². The molecule has 1 aliphatic heterocycles. The molecule has 0 spiro atoms. The molecule has 0 aromatic rings. The highest BCUT2D eigenvalue weighted by Gasteiger charge is 2.23. The maximum Gasteiger partial charge on any atom is 0.305 e. The van der Waals surface area contributed by atoms with Crippen LogP contribution in [-0.4, -0.2) is 48.2 Å². The minimum atomic E-state index is -0.0593. The third-order valence-electron chi connectivity index (χ3n) is 2.89. The van der Waals surface area contributed by atoms with Crippen LogP contribution in [0.25, 0.3) is 0 Å². The Bertz CT molecular complexity index is 210. The van der Waals surface area contributed by atoms with Crippen molar-refractivity contribution in [2.75, 3.05) is 19.8 Å². The number of esters is 1. The summed E-state index contributed by atoms with van der Waals surface area (Å²) in [4.78, 5) is 10.7. The summed E-state index contributed by atoms with van der Waals surface area (Å²) in [7, 11) is 0. The van der Waals surface area contributed by atoms with Crippen LogP contribution in [0, 0.1) is 0 Å². The van der Waals surface area contributed by atoms with E-state index in [-0.39, 0.29) is 31.4 Å². The van der Waals surface area contributed by atoms with Gasteiger partial charge in [0, 0.05) is 6.42 Å². The Kier molecular flexibility index (Phi) is 12.0. The molecule has 0 aliphatic carbocycles. The number of hydrogen-bond acceptors (Lipinski definition) is 5. The van der Waals surface area contributed by atoms with Crippen molar-refractivity contribution in [1.29, 1.82) is 0 Å². The highest BCUT2D eigenvalue weighted by atomic mass is 16.5. The first kappa shape index (κ1) is 18.4. The number of unbranched alkanes of at least 4 members (excludes halogenated alkanes) is 2. The minimum Gasteiger partial charge on any atom is -0.466 e. The van der Waals surface area contributed by atoms with Gasteiger partial charge in [-0.05, 0) is 26.2 Å². The average Bonchev–Trinajstić information content (AvgIpc) is 2.88. The Labute approximate surface area is 115 Å². The highest BCUT2D eigenvalue weighted by molar-refractivity contribution is 5.69. The van der Waals surface area contributed by atoms with Crippen molar-refractivity contribution in [2.24, 2.45) is 0 Å². The van der Waals surface area contributed by atoms with Crippen LogP contribution in [0.1, 0.15) is 52.4 Å². The van der Waals surface area contributed by atoms with Gasteiger partial charge in [0.25, 0.3) is 0 Å². The average molecular weight is 276 g/mol. The minimum absolute atomic E-state index is 0.0258. The molecule has 0 amide bonds. The maximum absolute atomic E-state index is 10.7. The van der Waals surface area contributed by atoms with Gasteiger partial charge in [0.15, 0.2) is 0 Å². The third-order valence-corrected chi connectivity index (χ3v) is 2.89. The van der Waals surface area contributed by atoms with Crippen molar-refractivity contribution in [3.05, 3.63) is 0 Å². The quantitative estimate of drug-likeness (QED) is 0.546. The van der Waals surface area contributed by atoms with E-state index >= 15 is 0 Å². The van der Waals surface area contributed by atoms with Crippen LogP contribution in [0.3, 0.4) is 0 Å². The molecule has 1 fully saturated rings. The summed E-state index contributed by atoms with van der Waals surface area (Å²) in [5.41, 5.74) is 0. The number of hydrogen-bond donors (Lipinski definition) is 2. The fraction of sp³-hybridized carbons (Fsp3) is 0.929. The van der Waals surface area contributed by atoms with Crippen LogP contribution < -0.4 is 0 Å². The lowest BCUT2D eigenvalue weighted by Gasteiger charge is -2.07. The zero-order valence-electron chi connectivity index (χ0n) is 12.1. The van der Waals surface area contributed by atoms with E-state index in [0.717, 1.165) is 32.1 Å². The Balaban J connectivity index is 0.000000342. The van der Waals surface area contributed by atoms with Gasteiger partial charge in [-0.2, -0.15) is 0 Å². The van der Waals surface area contributed by atoms with E-state index in [0.29, 0.717) is 13.0 Å². The number of carbonyl (C=O) groups excluding carboxylic acids is 1. The predicted molar refractivity (Wildman–Crippen MR) is 72.8 cm³/mol. The Morgan fingerprint density at radius 2 is 1.74 bits per heavy atom. The standard InChI is InChI=1S/C8H16O2.C6H12O3/c1-3-5-6-7-8(9)10-4-2;7-3-5-1-2-6(4-8)9-5/h3-7H2,1-2H3;5-8H,1-4H2. The van der Waals surface area contributed by atoms with Gasteiger partial charge < -0.3 is 19.7 Å². The van der Waals surface area contributed by atoms with Gasteiger partial charge in [-0.1, -0.05) is 19.8 Å². The first-order chi connectivity index (χ1) is 9.17. The van der Waals surface area contributed by atoms with Gasteiger partial charge in [0.2, 0.25) is 0 Å². The Morgan fingerprint density at radius 1 is 1.16 bits per heavy atom. The van der Waals surface area contributed by atoms with Gasteiger partial charge in [-0.25, -0.2) is 0 Å². The summed E-state index contributed by atoms with van der Waals surface area (Å²) in [6.45, 7) is 4.61. The summed E-state index contributed by atoms with van der Waals surface area (Å²) in [5, 5.41) is 17.1. The van der Waals surface area contributed by atoms with Gasteiger partial charge in [0.05, 0.1) is 32.0 Å². The molecule has 114 valence electrons. The Hall–Kier alpha value is -0.650. The number of aliphatic hydroxyl groups excluding tert-OH is 2. The summed E-state index contributed by atoms with van der Waals surface area (Å²) in [6.07, 6.45) is 5.53. The van der Waals surface area contributed by atoms with Crippen LogP contribution in [0.5, 0.6) is 0 Å². The maximum atomic E-state index is 10.7. The van der Waals surface area contributed by atoms with Gasteiger partial charge in [0.1, 0.15) is 0 Å². The Morgan fingerprint density at radius 3 is 2.11 bits per heavy atom. The number of carbonyl (C=O) groups is 1. The summed E-state index contributed by atoms with van der Waals surface area (Å²) >= 11 is 0. The molecule has 2 N–H and O–H groups in total. The van der Waals surface area contributed by atoms with Crippen LogP contribution in [0.2, 0.25) is 0 Å². The molecule has 5 heteroatoms. The predicted octanol–water partition coefficient (Wildman–Crippen LogP) is 1.65. The summed E-state index contributed by atoms with van der Waals surface area (Å²) in [5.74, 6) is -0.0593. The van der Waals surface area contributed by atoms with E-state index < -0.39 is 0 Å². The van der Waals surface area contributed by atoms with Crippen molar-refractivity contribution in [1.82, 2.24) is 0 Å².